The summed E-state index contributed by atoms with van der Waals surface area (Å²) in [4.78, 5) is 15.6. The molecule has 4 nitrogen and oxygen atoms in total. The van der Waals surface area contributed by atoms with Crippen molar-refractivity contribution in [2.24, 2.45) is 0 Å². The zero-order chi connectivity index (χ0) is 11.3. The van der Waals surface area contributed by atoms with E-state index in [-0.39, 0.29) is 11.9 Å². The number of nitrogen functional groups attached to an aromatic ring is 1. The fraction of sp³-hybridized carbons (Fsp3) is 0.455. The van der Waals surface area contributed by atoms with Crippen molar-refractivity contribution in [2.75, 3.05) is 5.73 Å². The summed E-state index contributed by atoms with van der Waals surface area (Å²) < 4.78 is 0. The van der Waals surface area contributed by atoms with Crippen molar-refractivity contribution >= 4 is 11.7 Å². The van der Waals surface area contributed by atoms with Gasteiger partial charge in [-0.25, -0.2) is 4.98 Å². The van der Waals surface area contributed by atoms with E-state index in [9.17, 15) is 4.79 Å². The van der Waals surface area contributed by atoms with Crippen LogP contribution in [0, 0.1) is 0 Å². The number of hydrogen-bond acceptors (Lipinski definition) is 3. The van der Waals surface area contributed by atoms with E-state index in [1.807, 2.05) is 6.92 Å². The van der Waals surface area contributed by atoms with Gasteiger partial charge in [-0.2, -0.15) is 0 Å². The summed E-state index contributed by atoms with van der Waals surface area (Å²) in [7, 11) is 0. The highest BCUT2D eigenvalue weighted by atomic mass is 16.1. The Kier molecular flexibility index (Phi) is 4.09. The molecule has 0 saturated heterocycles. The Bertz CT molecular complexity index is 338. The summed E-state index contributed by atoms with van der Waals surface area (Å²) in [6, 6.07) is 5.21. The number of carbonyl (C=O) groups excluding carboxylic acids is 1. The maximum atomic E-state index is 11.7. The van der Waals surface area contributed by atoms with Gasteiger partial charge in [0.15, 0.2) is 0 Å². The van der Waals surface area contributed by atoms with Gasteiger partial charge in [0.05, 0.1) is 0 Å². The smallest absolute Gasteiger partial charge is 0.270 e. The van der Waals surface area contributed by atoms with Crippen molar-refractivity contribution in [1.29, 1.82) is 0 Å². The number of rotatable bonds is 4. The first-order valence-electron chi connectivity index (χ1n) is 5.17. The average molecular weight is 207 g/mol. The molecule has 0 fully saturated rings. The molecule has 1 rings (SSSR count). The monoisotopic (exact) mass is 207 g/mol. The summed E-state index contributed by atoms with van der Waals surface area (Å²) in [6.45, 7) is 4.06. The Labute approximate surface area is 89.9 Å². The maximum Gasteiger partial charge on any atom is 0.270 e. The summed E-state index contributed by atoms with van der Waals surface area (Å²) in [6.07, 6.45) is 2.01. The normalized spacial score (nSPS) is 12.1. The number of nitrogens with zero attached hydrogens (tertiary/aromatic N) is 1. The van der Waals surface area contributed by atoms with Crippen molar-refractivity contribution in [2.45, 2.75) is 32.7 Å². The Morgan fingerprint density at radius 1 is 1.60 bits per heavy atom. The van der Waals surface area contributed by atoms with Gasteiger partial charge in [0.1, 0.15) is 11.5 Å². The minimum Gasteiger partial charge on any atom is -0.384 e. The van der Waals surface area contributed by atoms with Crippen LogP contribution in [0.3, 0.4) is 0 Å². The molecule has 0 aromatic carbocycles. The molecule has 1 unspecified atom stereocenters. The first-order chi connectivity index (χ1) is 7.13. The quantitative estimate of drug-likeness (QED) is 0.787. The third-order valence-electron chi connectivity index (χ3n) is 2.10. The van der Waals surface area contributed by atoms with Gasteiger partial charge in [-0.1, -0.05) is 19.4 Å². The molecule has 0 spiro atoms. The van der Waals surface area contributed by atoms with E-state index in [1.165, 1.54) is 0 Å². The number of pyridine rings is 1. The SMILES string of the molecule is CCCC(C)NC(=O)c1cccc(N)n1. The van der Waals surface area contributed by atoms with Crippen LogP contribution in [0.15, 0.2) is 18.2 Å². The van der Waals surface area contributed by atoms with Crippen molar-refractivity contribution in [3.63, 3.8) is 0 Å². The predicted octanol–water partition coefficient (Wildman–Crippen LogP) is 1.58. The van der Waals surface area contributed by atoms with Crippen molar-refractivity contribution in [1.82, 2.24) is 10.3 Å². The van der Waals surface area contributed by atoms with Crippen LogP contribution in [0.4, 0.5) is 5.82 Å². The van der Waals surface area contributed by atoms with Gasteiger partial charge in [-0.05, 0) is 25.5 Å². The molecule has 0 saturated carbocycles. The molecule has 1 aromatic rings. The Morgan fingerprint density at radius 3 is 2.93 bits per heavy atom. The maximum absolute atomic E-state index is 11.7. The zero-order valence-electron chi connectivity index (χ0n) is 9.16. The van der Waals surface area contributed by atoms with Gasteiger partial charge in [0.25, 0.3) is 5.91 Å². The number of carbonyl (C=O) groups is 1. The highest BCUT2D eigenvalue weighted by Gasteiger charge is 2.09. The van der Waals surface area contributed by atoms with E-state index in [0.29, 0.717) is 11.5 Å². The molecule has 3 N–H and O–H groups in total. The van der Waals surface area contributed by atoms with E-state index in [2.05, 4.69) is 17.2 Å². The van der Waals surface area contributed by atoms with E-state index in [1.54, 1.807) is 18.2 Å². The van der Waals surface area contributed by atoms with Crippen LogP contribution in [-0.2, 0) is 0 Å². The van der Waals surface area contributed by atoms with Crippen LogP contribution in [0.25, 0.3) is 0 Å². The summed E-state index contributed by atoms with van der Waals surface area (Å²) in [5, 5.41) is 2.87. The zero-order valence-corrected chi connectivity index (χ0v) is 9.16. The van der Waals surface area contributed by atoms with Gasteiger partial charge in [-0.3, -0.25) is 4.79 Å². The second kappa shape index (κ2) is 5.34. The summed E-state index contributed by atoms with van der Waals surface area (Å²) >= 11 is 0. The molecule has 0 aliphatic heterocycles. The van der Waals surface area contributed by atoms with Gasteiger partial charge in [-0.15, -0.1) is 0 Å². The number of aromatic nitrogens is 1. The first-order valence-corrected chi connectivity index (χ1v) is 5.17. The van der Waals surface area contributed by atoms with Crippen molar-refractivity contribution < 1.29 is 4.79 Å². The van der Waals surface area contributed by atoms with E-state index < -0.39 is 0 Å². The number of amides is 1. The molecule has 82 valence electrons. The third-order valence-corrected chi connectivity index (χ3v) is 2.10. The lowest BCUT2D eigenvalue weighted by Gasteiger charge is -2.12. The molecule has 4 heteroatoms. The van der Waals surface area contributed by atoms with Crippen LogP contribution in [-0.4, -0.2) is 16.9 Å². The van der Waals surface area contributed by atoms with Gasteiger partial charge >= 0.3 is 0 Å². The van der Waals surface area contributed by atoms with Crippen LogP contribution in [0.1, 0.15) is 37.2 Å². The van der Waals surface area contributed by atoms with Crippen LogP contribution < -0.4 is 11.1 Å². The Balaban J connectivity index is 2.61. The largest absolute Gasteiger partial charge is 0.384 e. The summed E-state index contributed by atoms with van der Waals surface area (Å²) in [5.74, 6) is 0.203. The number of anilines is 1. The van der Waals surface area contributed by atoms with Crippen LogP contribution >= 0.6 is 0 Å². The minimum absolute atomic E-state index is 0.164. The van der Waals surface area contributed by atoms with Gasteiger partial charge < -0.3 is 11.1 Å². The average Bonchev–Trinajstić information content (AvgIpc) is 2.18. The van der Waals surface area contributed by atoms with E-state index in [4.69, 9.17) is 5.73 Å². The molecular formula is C11H17N3O. The molecule has 1 amide bonds. The molecule has 1 aromatic heterocycles. The standard InChI is InChI=1S/C11H17N3O/c1-3-5-8(2)13-11(15)9-6-4-7-10(12)14-9/h4,6-8H,3,5H2,1-2H3,(H2,12,14)(H,13,15). The number of hydrogen-bond donors (Lipinski definition) is 2. The second-order valence-electron chi connectivity index (χ2n) is 3.61. The predicted molar refractivity (Wildman–Crippen MR) is 60.5 cm³/mol. The lowest BCUT2D eigenvalue weighted by molar-refractivity contribution is 0.0933. The molecule has 0 aliphatic rings. The van der Waals surface area contributed by atoms with Gasteiger partial charge in [0.2, 0.25) is 0 Å². The van der Waals surface area contributed by atoms with Crippen LogP contribution in [0.5, 0.6) is 0 Å². The Hall–Kier alpha value is -1.58. The van der Waals surface area contributed by atoms with E-state index >= 15 is 0 Å². The Morgan fingerprint density at radius 2 is 2.33 bits per heavy atom. The molecular weight excluding hydrogens is 190 g/mol. The molecule has 0 aliphatic carbocycles. The lowest BCUT2D eigenvalue weighted by Crippen LogP contribution is -2.32. The van der Waals surface area contributed by atoms with Crippen LogP contribution in [0.2, 0.25) is 0 Å². The fourth-order valence-corrected chi connectivity index (χ4v) is 1.38. The molecule has 1 heterocycles. The molecule has 15 heavy (non-hydrogen) atoms. The van der Waals surface area contributed by atoms with Gasteiger partial charge in [0, 0.05) is 6.04 Å². The minimum atomic E-state index is -0.164. The van der Waals surface area contributed by atoms with E-state index in [0.717, 1.165) is 12.8 Å². The summed E-state index contributed by atoms with van der Waals surface area (Å²) in [5.41, 5.74) is 5.87. The fourth-order valence-electron chi connectivity index (χ4n) is 1.38. The topological polar surface area (TPSA) is 68.0 Å². The molecule has 1 atom stereocenters. The van der Waals surface area contributed by atoms with Crippen molar-refractivity contribution in [3.05, 3.63) is 23.9 Å². The number of nitrogens with one attached hydrogen (secondary N) is 1. The molecule has 0 radical (unpaired) electrons. The number of nitrogens with two attached hydrogens (primary N) is 1. The molecule has 0 bridgehead atoms. The third kappa shape index (κ3) is 3.58. The highest BCUT2D eigenvalue weighted by Crippen LogP contribution is 2.02. The lowest BCUT2D eigenvalue weighted by atomic mass is 10.2. The van der Waals surface area contributed by atoms with Crippen molar-refractivity contribution in [3.8, 4) is 0 Å². The highest BCUT2D eigenvalue weighted by molar-refractivity contribution is 5.92. The first kappa shape index (κ1) is 11.5. The second-order valence-corrected chi connectivity index (χ2v) is 3.61.